The molecule has 1 fully saturated rings. The molecule has 8 heteroatoms. The van der Waals surface area contributed by atoms with Crippen LogP contribution in [0.15, 0.2) is 72.3 Å². The second-order valence-corrected chi connectivity index (χ2v) is 9.00. The molecule has 1 N–H and O–H groups in total. The molecule has 1 saturated heterocycles. The van der Waals surface area contributed by atoms with Crippen LogP contribution in [-0.4, -0.2) is 30.0 Å². The Morgan fingerprint density at radius 3 is 2.14 bits per heavy atom. The van der Waals surface area contributed by atoms with E-state index in [0.29, 0.717) is 41.8 Å². The Balaban J connectivity index is 1.82. The monoisotopic (exact) mass is 507 g/mol. The van der Waals surface area contributed by atoms with E-state index >= 15 is 0 Å². The second kappa shape index (κ2) is 10.8. The highest BCUT2D eigenvalue weighted by Gasteiger charge is 2.47. The Hall–Kier alpha value is -4.20. The van der Waals surface area contributed by atoms with Gasteiger partial charge in [-0.25, -0.2) is 8.78 Å². The molecule has 0 radical (unpaired) electrons. The van der Waals surface area contributed by atoms with Crippen molar-refractivity contribution in [2.75, 3.05) is 18.1 Å². The summed E-state index contributed by atoms with van der Waals surface area (Å²) in [6.07, 6.45) is 0. The summed E-state index contributed by atoms with van der Waals surface area (Å²) in [5.74, 6) is -3.06. The van der Waals surface area contributed by atoms with Crippen molar-refractivity contribution >= 4 is 23.1 Å². The Morgan fingerprint density at radius 1 is 0.919 bits per heavy atom. The number of hydrogen-bond donors (Lipinski definition) is 1. The topological polar surface area (TPSA) is 76.1 Å². The Morgan fingerprint density at radius 2 is 1.54 bits per heavy atom. The summed E-state index contributed by atoms with van der Waals surface area (Å²) >= 11 is 0. The zero-order valence-corrected chi connectivity index (χ0v) is 20.7. The first kappa shape index (κ1) is 25.9. The van der Waals surface area contributed by atoms with Crippen molar-refractivity contribution in [1.29, 1.82) is 0 Å². The number of anilines is 1. The van der Waals surface area contributed by atoms with Gasteiger partial charge >= 0.3 is 0 Å². The van der Waals surface area contributed by atoms with Crippen molar-refractivity contribution in [3.05, 3.63) is 95.1 Å². The lowest BCUT2D eigenvalue weighted by molar-refractivity contribution is -0.132. The van der Waals surface area contributed by atoms with Gasteiger partial charge in [0.1, 0.15) is 17.3 Å². The summed E-state index contributed by atoms with van der Waals surface area (Å²) in [6.45, 7) is 6.84. The van der Waals surface area contributed by atoms with Crippen molar-refractivity contribution in [1.82, 2.24) is 0 Å². The van der Waals surface area contributed by atoms with Crippen LogP contribution in [0.1, 0.15) is 37.9 Å². The van der Waals surface area contributed by atoms with Gasteiger partial charge in [0.25, 0.3) is 11.7 Å². The highest BCUT2D eigenvalue weighted by molar-refractivity contribution is 6.51. The molecule has 1 heterocycles. The normalized spacial score (nSPS) is 16.9. The smallest absolute Gasteiger partial charge is 0.300 e. The quantitative estimate of drug-likeness (QED) is 0.229. The van der Waals surface area contributed by atoms with E-state index < -0.39 is 35.1 Å². The van der Waals surface area contributed by atoms with Crippen LogP contribution in [0.2, 0.25) is 0 Å². The number of amides is 1. The van der Waals surface area contributed by atoms with Crippen molar-refractivity contribution < 1.29 is 33.0 Å². The highest BCUT2D eigenvalue weighted by atomic mass is 19.2. The van der Waals surface area contributed by atoms with Crippen molar-refractivity contribution in [3.63, 3.8) is 0 Å². The largest absolute Gasteiger partial charge is 0.507 e. The van der Waals surface area contributed by atoms with E-state index in [2.05, 4.69) is 0 Å². The molecule has 1 aliphatic rings. The van der Waals surface area contributed by atoms with Gasteiger partial charge in [-0.05, 0) is 66.9 Å². The van der Waals surface area contributed by atoms with Gasteiger partial charge in [-0.2, -0.15) is 0 Å². The van der Waals surface area contributed by atoms with Crippen LogP contribution in [0.25, 0.3) is 5.76 Å². The maximum atomic E-state index is 14.1. The molecule has 3 aromatic carbocycles. The molecular weight excluding hydrogens is 480 g/mol. The fraction of sp³-hybridized carbons (Fsp3) is 0.241. The number of benzene rings is 3. The van der Waals surface area contributed by atoms with Gasteiger partial charge in [0.05, 0.1) is 24.8 Å². The van der Waals surface area contributed by atoms with Crippen LogP contribution >= 0.6 is 0 Å². The first-order valence-corrected chi connectivity index (χ1v) is 11.9. The van der Waals surface area contributed by atoms with E-state index in [-0.39, 0.29) is 11.3 Å². The number of halogens is 2. The minimum Gasteiger partial charge on any atom is -0.507 e. The average molecular weight is 508 g/mol. The summed E-state index contributed by atoms with van der Waals surface area (Å²) in [6, 6.07) is 15.0. The molecule has 192 valence electrons. The van der Waals surface area contributed by atoms with Crippen LogP contribution < -0.4 is 14.4 Å². The van der Waals surface area contributed by atoms with Crippen LogP contribution in [0.5, 0.6) is 11.5 Å². The minimum absolute atomic E-state index is 0.0173. The van der Waals surface area contributed by atoms with Crippen LogP contribution in [-0.2, 0) is 9.59 Å². The highest BCUT2D eigenvalue weighted by Crippen LogP contribution is 2.42. The molecular formula is C29H27F2NO5. The molecule has 1 amide bonds. The van der Waals surface area contributed by atoms with Gasteiger partial charge in [-0.3, -0.25) is 14.5 Å². The molecule has 0 aromatic heterocycles. The summed E-state index contributed by atoms with van der Waals surface area (Å²) in [5, 5.41) is 11.2. The van der Waals surface area contributed by atoms with Gasteiger partial charge in [-0.1, -0.05) is 26.0 Å². The molecule has 0 spiro atoms. The maximum absolute atomic E-state index is 14.1. The van der Waals surface area contributed by atoms with Gasteiger partial charge in [0.2, 0.25) is 0 Å². The number of rotatable bonds is 8. The van der Waals surface area contributed by atoms with E-state index in [0.717, 1.165) is 17.0 Å². The zero-order chi connectivity index (χ0) is 26.7. The molecule has 1 aliphatic heterocycles. The fourth-order valence-corrected chi connectivity index (χ4v) is 4.09. The molecule has 1 atom stereocenters. The number of ether oxygens (including phenoxy) is 2. The molecule has 37 heavy (non-hydrogen) atoms. The zero-order valence-electron chi connectivity index (χ0n) is 20.7. The van der Waals surface area contributed by atoms with E-state index in [1.807, 2.05) is 20.8 Å². The number of ketones is 1. The third-order valence-corrected chi connectivity index (χ3v) is 5.84. The van der Waals surface area contributed by atoms with E-state index in [1.165, 1.54) is 6.07 Å². The molecule has 6 nitrogen and oxygen atoms in total. The maximum Gasteiger partial charge on any atom is 0.300 e. The first-order valence-electron chi connectivity index (χ1n) is 11.9. The van der Waals surface area contributed by atoms with Crippen LogP contribution in [0.4, 0.5) is 14.5 Å². The minimum atomic E-state index is -1.16. The Kier molecular flexibility index (Phi) is 7.57. The molecule has 0 bridgehead atoms. The summed E-state index contributed by atoms with van der Waals surface area (Å²) in [5.41, 5.74) is 0.591. The molecule has 0 saturated carbocycles. The Bertz CT molecular complexity index is 1330. The number of aliphatic hydroxyl groups is 1. The van der Waals surface area contributed by atoms with Crippen molar-refractivity contribution in [2.45, 2.75) is 26.8 Å². The van der Waals surface area contributed by atoms with Gasteiger partial charge in [-0.15, -0.1) is 0 Å². The second-order valence-electron chi connectivity index (χ2n) is 9.00. The molecule has 4 rings (SSSR count). The number of carbonyl (C=O) groups excluding carboxylic acids is 2. The lowest BCUT2D eigenvalue weighted by atomic mass is 9.95. The first-order chi connectivity index (χ1) is 17.7. The molecule has 0 aliphatic carbocycles. The summed E-state index contributed by atoms with van der Waals surface area (Å²) in [7, 11) is 0. The summed E-state index contributed by atoms with van der Waals surface area (Å²) in [4.78, 5) is 27.5. The number of aliphatic hydroxyl groups excluding tert-OH is 1. The van der Waals surface area contributed by atoms with Crippen LogP contribution in [0, 0.1) is 17.6 Å². The lowest BCUT2D eigenvalue weighted by Crippen LogP contribution is -2.29. The number of carbonyl (C=O) groups is 2. The Labute approximate surface area is 213 Å². The average Bonchev–Trinajstić information content (AvgIpc) is 3.15. The fourth-order valence-electron chi connectivity index (χ4n) is 4.09. The van der Waals surface area contributed by atoms with Crippen LogP contribution in [0.3, 0.4) is 0 Å². The number of Topliss-reactive ketones (excluding diaryl/α,β-unsaturated/α-hetero) is 1. The van der Waals surface area contributed by atoms with Gasteiger partial charge in [0, 0.05) is 17.3 Å². The number of hydrogen-bond acceptors (Lipinski definition) is 5. The van der Waals surface area contributed by atoms with Crippen molar-refractivity contribution in [3.8, 4) is 11.5 Å². The predicted molar refractivity (Wildman–Crippen MR) is 136 cm³/mol. The van der Waals surface area contributed by atoms with E-state index in [9.17, 15) is 23.5 Å². The molecule has 1 unspecified atom stereocenters. The van der Waals surface area contributed by atoms with Gasteiger partial charge in [0.15, 0.2) is 11.6 Å². The predicted octanol–water partition coefficient (Wildman–Crippen LogP) is 6.02. The SMILES string of the molecule is CCOc1ccc(C2/C(=C(\O)c3ccc(OCC(C)C)cc3)C(=O)C(=O)N2c2ccc(F)c(F)c2)cc1. The number of nitrogens with zero attached hydrogens (tertiary/aromatic N) is 1. The van der Waals surface area contributed by atoms with E-state index in [1.54, 1.807) is 48.5 Å². The third kappa shape index (κ3) is 5.33. The van der Waals surface area contributed by atoms with Gasteiger partial charge < -0.3 is 14.6 Å². The summed E-state index contributed by atoms with van der Waals surface area (Å²) < 4.78 is 38.9. The third-order valence-electron chi connectivity index (χ3n) is 5.84. The standard InChI is InChI=1S/C29H27F2NO5/c1-4-36-21-10-5-18(6-11-21)26-25(27(33)19-7-12-22(13-8-19)37-16-17(2)3)28(34)29(35)32(26)20-9-14-23(30)24(31)15-20/h5-15,17,26,33H,4,16H2,1-3H3/b27-25+. The van der Waals surface area contributed by atoms with Crippen molar-refractivity contribution in [2.24, 2.45) is 5.92 Å². The van der Waals surface area contributed by atoms with E-state index in [4.69, 9.17) is 9.47 Å². The molecule has 3 aromatic rings. The lowest BCUT2D eigenvalue weighted by Gasteiger charge is -2.25.